The highest BCUT2D eigenvalue weighted by molar-refractivity contribution is 5.94. The lowest BCUT2D eigenvalue weighted by Crippen LogP contribution is -2.77. The van der Waals surface area contributed by atoms with Crippen molar-refractivity contribution in [3.05, 3.63) is 52.8 Å². The van der Waals surface area contributed by atoms with Gasteiger partial charge in [-0.2, -0.15) is 10.4 Å². The van der Waals surface area contributed by atoms with Gasteiger partial charge >= 0.3 is 0 Å². The second-order valence-corrected chi connectivity index (χ2v) is 9.60. The van der Waals surface area contributed by atoms with Crippen LogP contribution in [-0.2, 0) is 0 Å². The van der Waals surface area contributed by atoms with Crippen LogP contribution in [0.2, 0.25) is 0 Å². The Morgan fingerprint density at radius 2 is 2.06 bits per heavy atom. The summed E-state index contributed by atoms with van der Waals surface area (Å²) in [5, 5.41) is 23.7. The number of fused-ring (bicyclic) bond motifs is 1. The molecular weight excluding hydrogens is 429 g/mol. The second-order valence-electron chi connectivity index (χ2n) is 9.60. The van der Waals surface area contributed by atoms with E-state index in [4.69, 9.17) is 4.98 Å². The van der Waals surface area contributed by atoms with Gasteiger partial charge in [0, 0.05) is 43.1 Å². The summed E-state index contributed by atoms with van der Waals surface area (Å²) >= 11 is 0. The molecule has 2 aliphatic rings. The summed E-state index contributed by atoms with van der Waals surface area (Å²) in [5.41, 5.74) is 3.69. The van der Waals surface area contributed by atoms with Crippen LogP contribution in [0.4, 0.5) is 16.0 Å². The van der Waals surface area contributed by atoms with Gasteiger partial charge < -0.3 is 10.2 Å². The molecule has 0 aliphatic carbocycles. The number of alkyl halides is 1. The first-order chi connectivity index (χ1) is 16.5. The molecule has 1 atom stereocenters. The van der Waals surface area contributed by atoms with Crippen LogP contribution in [0, 0.1) is 25.2 Å². The van der Waals surface area contributed by atoms with Gasteiger partial charge in [0.05, 0.1) is 35.6 Å². The van der Waals surface area contributed by atoms with E-state index in [1.54, 1.807) is 0 Å². The predicted molar refractivity (Wildman–Crippen MR) is 132 cm³/mol. The first-order valence-electron chi connectivity index (χ1n) is 11.9. The first kappa shape index (κ1) is 22.5. The number of likely N-dealkylation sites (tertiary alicyclic amines) is 1. The number of nitrogens with one attached hydrogen (secondary N) is 1. The van der Waals surface area contributed by atoms with Crippen molar-refractivity contribution in [1.29, 1.82) is 5.26 Å². The number of rotatable bonds is 7. The van der Waals surface area contributed by atoms with Crippen molar-refractivity contribution in [1.82, 2.24) is 20.1 Å². The number of pyridine rings is 1. The Kier molecular flexibility index (Phi) is 5.82. The van der Waals surface area contributed by atoms with Crippen molar-refractivity contribution in [2.45, 2.75) is 45.2 Å². The number of anilines is 2. The van der Waals surface area contributed by atoms with Crippen molar-refractivity contribution in [3.63, 3.8) is 0 Å². The minimum absolute atomic E-state index is 0.0452. The average Bonchev–Trinajstić information content (AvgIpc) is 2.79. The van der Waals surface area contributed by atoms with Crippen molar-refractivity contribution < 1.29 is 4.39 Å². The van der Waals surface area contributed by atoms with E-state index in [2.05, 4.69) is 44.4 Å². The Balaban J connectivity index is 1.43. The molecule has 0 saturated carbocycles. The third kappa shape index (κ3) is 3.74. The number of nitriles is 1. The van der Waals surface area contributed by atoms with Gasteiger partial charge in [-0.25, -0.2) is 4.98 Å². The van der Waals surface area contributed by atoms with Gasteiger partial charge in [0.2, 0.25) is 0 Å². The summed E-state index contributed by atoms with van der Waals surface area (Å²) in [6, 6.07) is 10.1. The van der Waals surface area contributed by atoms with Gasteiger partial charge in [0.1, 0.15) is 5.82 Å². The highest BCUT2D eigenvalue weighted by Gasteiger charge is 2.53. The molecule has 34 heavy (non-hydrogen) atoms. The monoisotopic (exact) mass is 459 g/mol. The molecule has 5 rings (SSSR count). The Morgan fingerprint density at radius 3 is 2.76 bits per heavy atom. The molecule has 4 heterocycles. The van der Waals surface area contributed by atoms with Gasteiger partial charge in [-0.05, 0) is 56.9 Å². The molecule has 8 heteroatoms. The lowest BCUT2D eigenvalue weighted by molar-refractivity contribution is 0.0224. The first-order valence-corrected chi connectivity index (χ1v) is 11.9. The summed E-state index contributed by atoms with van der Waals surface area (Å²) in [5.74, 6) is 1.67. The molecule has 1 spiro atoms. The van der Waals surface area contributed by atoms with Crippen LogP contribution >= 0.6 is 0 Å². The quantitative estimate of drug-likeness (QED) is 0.564. The van der Waals surface area contributed by atoms with Gasteiger partial charge in [0.15, 0.2) is 5.82 Å². The van der Waals surface area contributed by atoms with E-state index in [-0.39, 0.29) is 18.3 Å². The normalized spacial score (nSPS) is 17.8. The van der Waals surface area contributed by atoms with Crippen LogP contribution in [-0.4, -0.2) is 58.5 Å². The van der Waals surface area contributed by atoms with E-state index in [0.717, 1.165) is 66.0 Å². The zero-order valence-electron chi connectivity index (χ0n) is 20.0. The SMILES string of the molecule is Cc1c(C#N)cccc1[C@@H](C)Nc1nnc(C)c2cnc(N3CCC34CN(CCCF)C4)cc12. The summed E-state index contributed by atoms with van der Waals surface area (Å²) < 4.78 is 12.5. The topological polar surface area (TPSA) is 81.0 Å². The van der Waals surface area contributed by atoms with E-state index in [9.17, 15) is 9.65 Å². The van der Waals surface area contributed by atoms with Crippen LogP contribution in [0.25, 0.3) is 10.8 Å². The molecule has 1 aromatic carbocycles. The smallest absolute Gasteiger partial charge is 0.157 e. The fourth-order valence-electron chi connectivity index (χ4n) is 5.40. The third-order valence-electron chi connectivity index (χ3n) is 7.44. The Morgan fingerprint density at radius 1 is 1.24 bits per heavy atom. The highest BCUT2D eigenvalue weighted by Crippen LogP contribution is 2.42. The number of halogens is 1. The Labute approximate surface area is 199 Å². The van der Waals surface area contributed by atoms with Crippen LogP contribution in [0.3, 0.4) is 0 Å². The molecule has 2 saturated heterocycles. The summed E-state index contributed by atoms with van der Waals surface area (Å²) in [4.78, 5) is 9.50. The molecule has 0 radical (unpaired) electrons. The van der Waals surface area contributed by atoms with E-state index >= 15 is 0 Å². The molecule has 3 aromatic rings. The zero-order valence-corrected chi connectivity index (χ0v) is 20.0. The molecule has 2 fully saturated rings. The van der Waals surface area contributed by atoms with Gasteiger partial charge in [-0.15, -0.1) is 5.10 Å². The minimum Gasteiger partial charge on any atom is -0.362 e. The van der Waals surface area contributed by atoms with Crippen molar-refractivity contribution in [2.75, 3.05) is 43.1 Å². The van der Waals surface area contributed by atoms with E-state index < -0.39 is 0 Å². The number of aromatic nitrogens is 3. The van der Waals surface area contributed by atoms with Crippen molar-refractivity contribution in [2.24, 2.45) is 0 Å². The van der Waals surface area contributed by atoms with Crippen molar-refractivity contribution in [3.8, 4) is 6.07 Å². The molecule has 7 nitrogen and oxygen atoms in total. The minimum atomic E-state index is -0.256. The molecule has 0 amide bonds. The van der Waals surface area contributed by atoms with Crippen LogP contribution in [0.15, 0.2) is 30.5 Å². The molecule has 0 unspecified atom stereocenters. The number of aryl methyl sites for hydroxylation is 1. The summed E-state index contributed by atoms with van der Waals surface area (Å²) in [6.07, 6.45) is 3.65. The maximum Gasteiger partial charge on any atom is 0.157 e. The summed E-state index contributed by atoms with van der Waals surface area (Å²) in [7, 11) is 0. The number of benzene rings is 1. The molecular formula is C26H30FN7. The highest BCUT2D eigenvalue weighted by atomic mass is 19.1. The standard InChI is InChI=1S/C26H30FN7/c1-17-20(13-28)6-4-7-21(17)18(2)30-25-22-12-24(29-14-23(22)19(3)31-32-25)34-11-8-26(34)15-33(16-26)10-5-9-27/h4,6-7,12,14,18H,5,8-11,15-16H2,1-3H3,(H,30,32)/t18-/m1/s1. The molecule has 1 N–H and O–H groups in total. The number of hydrogen-bond donors (Lipinski definition) is 1. The predicted octanol–water partition coefficient (Wildman–Crippen LogP) is 4.31. The lowest BCUT2D eigenvalue weighted by Gasteiger charge is -2.63. The number of nitrogens with zero attached hydrogens (tertiary/aromatic N) is 6. The van der Waals surface area contributed by atoms with E-state index in [1.165, 1.54) is 0 Å². The van der Waals surface area contributed by atoms with Gasteiger partial charge in [0.25, 0.3) is 0 Å². The maximum atomic E-state index is 12.5. The summed E-state index contributed by atoms with van der Waals surface area (Å²) in [6.45, 7) is 9.48. The Hall–Kier alpha value is -3.31. The van der Waals surface area contributed by atoms with Crippen LogP contribution < -0.4 is 10.2 Å². The second kappa shape index (κ2) is 8.80. The van der Waals surface area contributed by atoms with Crippen LogP contribution in [0.1, 0.15) is 48.2 Å². The van der Waals surface area contributed by atoms with Crippen LogP contribution in [0.5, 0.6) is 0 Å². The van der Waals surface area contributed by atoms with E-state index in [0.29, 0.717) is 17.8 Å². The molecule has 176 valence electrons. The maximum absolute atomic E-state index is 12.5. The lowest BCUT2D eigenvalue weighted by atomic mass is 9.77. The fourth-order valence-corrected chi connectivity index (χ4v) is 5.40. The fraction of sp³-hybridized carbons (Fsp3) is 0.462. The van der Waals surface area contributed by atoms with E-state index in [1.807, 2.05) is 38.2 Å². The molecule has 2 aliphatic heterocycles. The molecule has 2 aromatic heterocycles. The van der Waals surface area contributed by atoms with Crippen molar-refractivity contribution >= 4 is 22.4 Å². The number of hydrogen-bond acceptors (Lipinski definition) is 7. The van der Waals surface area contributed by atoms with Gasteiger partial charge in [-0.1, -0.05) is 12.1 Å². The average molecular weight is 460 g/mol. The zero-order chi connectivity index (χ0) is 23.9. The molecule has 0 bridgehead atoms. The van der Waals surface area contributed by atoms with Gasteiger partial charge in [-0.3, -0.25) is 9.29 Å². The third-order valence-corrected chi connectivity index (χ3v) is 7.44. The largest absolute Gasteiger partial charge is 0.362 e. The Bertz CT molecular complexity index is 1260.